The van der Waals surface area contributed by atoms with Crippen molar-refractivity contribution in [2.45, 2.75) is 0 Å². The standard InChI is InChI=1S/C8H5O4.La.H2N/c9-7(10)5-1-2-6(4-3-5)8(11)12;;/h1-3H,(H,9,10)(H,11,12);;1H2/q-1;;-1. The second kappa shape index (κ2) is 6.72. The second-order valence-corrected chi connectivity index (χ2v) is 2.10. The molecule has 73 valence electrons. The molecule has 4 N–H and O–H groups in total. The molecule has 5 nitrogen and oxygen atoms in total. The van der Waals surface area contributed by atoms with Crippen molar-refractivity contribution < 1.29 is 55.4 Å². The van der Waals surface area contributed by atoms with Crippen LogP contribution in [0, 0.1) is 41.7 Å². The van der Waals surface area contributed by atoms with Gasteiger partial charge in [-0.2, -0.15) is 0 Å². The van der Waals surface area contributed by atoms with Gasteiger partial charge in [0.2, 0.25) is 5.97 Å². The molecule has 1 aromatic rings. The van der Waals surface area contributed by atoms with E-state index in [0.717, 1.165) is 6.07 Å². The van der Waals surface area contributed by atoms with Crippen molar-refractivity contribution in [2.24, 2.45) is 0 Å². The van der Waals surface area contributed by atoms with Gasteiger partial charge in [-0.25, -0.2) is 0 Å². The van der Waals surface area contributed by atoms with Crippen LogP contribution >= 0.6 is 0 Å². The van der Waals surface area contributed by atoms with E-state index in [4.69, 9.17) is 10.2 Å². The van der Waals surface area contributed by atoms with E-state index in [1.165, 1.54) is 12.1 Å². The zero-order chi connectivity index (χ0) is 9.14. The molecular weight excluding hydrogens is 313 g/mol. The molecule has 0 aromatic heterocycles. The van der Waals surface area contributed by atoms with Crippen LogP contribution in [0.2, 0.25) is 0 Å². The minimum atomic E-state index is -1.12. The van der Waals surface area contributed by atoms with Crippen LogP contribution in [0.4, 0.5) is 0 Å². The van der Waals surface area contributed by atoms with Crippen molar-refractivity contribution in [2.75, 3.05) is 0 Å². The molecule has 1 aromatic carbocycles. The Balaban J connectivity index is 0. The summed E-state index contributed by atoms with van der Waals surface area (Å²) in [4.78, 5) is 20.6. The van der Waals surface area contributed by atoms with Crippen LogP contribution in [0.15, 0.2) is 18.2 Å². The maximum atomic E-state index is 10.3. The number of hydrogen-bond donors (Lipinski definition) is 2. The largest absolute Gasteiger partial charge is 0.693 e. The molecular formula is C8H7LaNO4-2. The first kappa shape index (κ1) is 15.8. The predicted molar refractivity (Wildman–Crippen MR) is 44.5 cm³/mol. The van der Waals surface area contributed by atoms with Crippen LogP contribution in [0.1, 0.15) is 20.7 Å². The first-order chi connectivity index (χ1) is 5.61. The molecule has 0 spiro atoms. The van der Waals surface area contributed by atoms with Gasteiger partial charge in [0.1, 0.15) is 0 Å². The van der Waals surface area contributed by atoms with Crippen molar-refractivity contribution in [3.05, 3.63) is 41.5 Å². The van der Waals surface area contributed by atoms with Crippen LogP contribution in [-0.4, -0.2) is 22.2 Å². The average Bonchev–Trinajstić information content (AvgIpc) is 2.04. The molecule has 0 saturated heterocycles. The molecule has 0 atom stereocenters. The summed E-state index contributed by atoms with van der Waals surface area (Å²) in [5.41, 5.74) is -0.0139. The zero-order valence-electron chi connectivity index (χ0n) is 7.10. The van der Waals surface area contributed by atoms with E-state index >= 15 is 0 Å². The van der Waals surface area contributed by atoms with E-state index < -0.39 is 11.9 Å². The fourth-order valence-electron chi connectivity index (χ4n) is 0.691. The third-order valence-corrected chi connectivity index (χ3v) is 1.29. The molecule has 0 bridgehead atoms. The maximum absolute atomic E-state index is 10.3. The molecule has 0 amide bonds. The van der Waals surface area contributed by atoms with E-state index in [1.54, 1.807) is 0 Å². The topological polar surface area (TPSA) is 108 Å². The van der Waals surface area contributed by atoms with Gasteiger partial charge in [-0.15, -0.1) is 24.3 Å². The van der Waals surface area contributed by atoms with Crippen LogP contribution in [0.25, 0.3) is 6.15 Å². The van der Waals surface area contributed by atoms with Crippen LogP contribution in [0.5, 0.6) is 0 Å². The normalized spacial score (nSPS) is 8.00. The predicted octanol–water partition coefficient (Wildman–Crippen LogP) is 1.60. The summed E-state index contributed by atoms with van der Waals surface area (Å²) < 4.78 is 0. The fourth-order valence-corrected chi connectivity index (χ4v) is 0.691. The van der Waals surface area contributed by atoms with Crippen molar-refractivity contribution >= 4 is 11.9 Å². The van der Waals surface area contributed by atoms with Crippen molar-refractivity contribution in [1.82, 2.24) is 0 Å². The summed E-state index contributed by atoms with van der Waals surface area (Å²) in [7, 11) is 0. The molecule has 0 unspecified atom stereocenters. The van der Waals surface area contributed by atoms with Crippen LogP contribution < -0.4 is 0 Å². The summed E-state index contributed by atoms with van der Waals surface area (Å²) in [6, 6.07) is 5.89. The SMILES string of the molecule is O=C(O)c1[c-]cc(C(=O)O)cc1.[La].[NH2-]. The number of aromatic carboxylic acids is 2. The molecule has 0 fully saturated rings. The van der Waals surface area contributed by atoms with E-state index in [0.29, 0.717) is 0 Å². The summed E-state index contributed by atoms with van der Waals surface area (Å²) in [5, 5.41) is 16.9. The van der Waals surface area contributed by atoms with Crippen molar-refractivity contribution in [3.63, 3.8) is 0 Å². The molecule has 6 heteroatoms. The van der Waals surface area contributed by atoms with Gasteiger partial charge in [0.05, 0.1) is 0 Å². The Morgan fingerprint density at radius 3 is 2.00 bits per heavy atom. The van der Waals surface area contributed by atoms with Gasteiger partial charge in [0.25, 0.3) is 5.97 Å². The third-order valence-electron chi connectivity index (χ3n) is 1.29. The van der Waals surface area contributed by atoms with E-state index in [-0.39, 0.29) is 52.9 Å². The molecule has 0 saturated carbocycles. The Morgan fingerprint density at radius 2 is 1.71 bits per heavy atom. The zero-order valence-corrected chi connectivity index (χ0v) is 10.7. The summed E-state index contributed by atoms with van der Waals surface area (Å²) >= 11 is 0. The second-order valence-electron chi connectivity index (χ2n) is 2.10. The van der Waals surface area contributed by atoms with Gasteiger partial charge in [0, 0.05) is 35.6 Å². The Morgan fingerprint density at radius 1 is 1.14 bits per heavy atom. The molecule has 0 aliphatic heterocycles. The molecule has 0 aliphatic carbocycles. The number of benzene rings is 1. The monoisotopic (exact) mass is 320 g/mol. The Labute approximate surface area is 108 Å². The minimum Gasteiger partial charge on any atom is -0.693 e. The Bertz CT molecular complexity index is 290. The third kappa shape index (κ3) is 4.02. The van der Waals surface area contributed by atoms with Crippen molar-refractivity contribution in [3.8, 4) is 0 Å². The fraction of sp³-hybridized carbons (Fsp3) is 0. The van der Waals surface area contributed by atoms with Gasteiger partial charge in [-0.05, 0) is 5.56 Å². The van der Waals surface area contributed by atoms with E-state index in [1.807, 2.05) is 0 Å². The Hall–Kier alpha value is -0.685. The molecule has 1 rings (SSSR count). The summed E-state index contributed by atoms with van der Waals surface area (Å²) in [6.07, 6.45) is 0. The average molecular weight is 320 g/mol. The van der Waals surface area contributed by atoms with Gasteiger partial charge >= 0.3 is 0 Å². The molecule has 0 aliphatic rings. The minimum absolute atomic E-state index is 0. The van der Waals surface area contributed by atoms with E-state index in [2.05, 4.69) is 6.07 Å². The number of carbonyl (C=O) groups is 2. The number of carboxylic acid groups (broad SMARTS) is 2. The van der Waals surface area contributed by atoms with Gasteiger partial charge in [0.15, 0.2) is 0 Å². The van der Waals surface area contributed by atoms with Crippen LogP contribution in [-0.2, 0) is 0 Å². The number of nitrogens with two attached hydrogens (primary N) is 1. The number of rotatable bonds is 2. The smallest absolute Gasteiger partial charge is 0.292 e. The number of hydrogen-bond acceptors (Lipinski definition) is 2. The molecule has 14 heavy (non-hydrogen) atoms. The maximum Gasteiger partial charge on any atom is 0.292 e. The Kier molecular flexibility index (Phi) is 7.57. The molecule has 0 heterocycles. The van der Waals surface area contributed by atoms with Gasteiger partial charge < -0.3 is 21.2 Å². The van der Waals surface area contributed by atoms with Crippen LogP contribution in [0.3, 0.4) is 0 Å². The first-order valence-corrected chi connectivity index (χ1v) is 3.09. The van der Waals surface area contributed by atoms with Gasteiger partial charge in [-0.3, -0.25) is 4.79 Å². The van der Waals surface area contributed by atoms with Crippen molar-refractivity contribution in [1.29, 1.82) is 0 Å². The number of carboxylic acids is 2. The van der Waals surface area contributed by atoms with Gasteiger partial charge in [-0.1, -0.05) is 5.56 Å². The quantitative estimate of drug-likeness (QED) is 0.807. The summed E-state index contributed by atoms with van der Waals surface area (Å²) in [5.74, 6) is -2.21. The molecule has 1 radical (unpaired) electrons. The summed E-state index contributed by atoms with van der Waals surface area (Å²) in [6.45, 7) is 0. The first-order valence-electron chi connectivity index (χ1n) is 3.09. The van der Waals surface area contributed by atoms with E-state index in [9.17, 15) is 9.59 Å².